The van der Waals surface area contributed by atoms with Crippen molar-refractivity contribution in [3.05, 3.63) is 621 Å². The summed E-state index contributed by atoms with van der Waals surface area (Å²) in [6.07, 6.45) is 15.1. The highest BCUT2D eigenvalue weighted by Crippen LogP contribution is 2.33. The molecule has 0 aliphatic heterocycles. The van der Waals surface area contributed by atoms with E-state index in [4.69, 9.17) is 4.98 Å². The highest BCUT2D eigenvalue weighted by molar-refractivity contribution is 5.77. The molecule has 0 N–H and O–H groups in total. The molecule has 0 saturated carbocycles. The standard InChI is InChI=1S/2C19H16.3C18H15N.4C12H11N/c1-15-10-12-17(13-11-15)19-9-5-8-18(14-19)16-6-3-2-4-7-16;1-15-7-9-17(10-8-15)19-13-11-18(12-14-19)16-5-3-2-4-6-16;1-14-10-12-16(13-11-14)18-9-5-8-17(19-18)15-6-3-2-4-7-15;1-14-7-9-16(10-8-14)18-11-17(12-19-13-18)15-5-3-2-4-6-15;1-14-7-9-16(10-8-14)18-13-17(11-12-19-18)15-5-3-2-4-6-15;1-10-7-12(9-13-8-10)11-5-3-2-4-6-11;1-10-7-8-12(9-13-10)11-5-3-2-4-6-11;1-10-7-8-13-12(9-10)11-5-3-2-4-6-11;1-10-7-8-12(13-9-10)11-5-3-2-4-6-11/h2*2-14H,1H3;3*2-13H,1H3;4*2-9H,1H3. The van der Waals surface area contributed by atoms with E-state index in [1.54, 1.807) is 0 Å². The molecular formula is C140H121N7. The molecule has 0 aliphatic rings. The topological polar surface area (TPSA) is 90.2 Å². The maximum absolute atomic E-state index is 4.74. The van der Waals surface area contributed by atoms with Gasteiger partial charge in [-0.2, -0.15) is 0 Å². The monoisotopic (exact) mass is 1900 g/mol. The summed E-state index contributed by atoms with van der Waals surface area (Å²) in [5, 5.41) is 0. The normalized spacial score (nSPS) is 10.2. The lowest BCUT2D eigenvalue weighted by molar-refractivity contribution is 1.20. The van der Waals surface area contributed by atoms with Crippen LogP contribution in [0.4, 0.5) is 0 Å². The van der Waals surface area contributed by atoms with Gasteiger partial charge >= 0.3 is 0 Å². The summed E-state index contributed by atoms with van der Waals surface area (Å²) < 4.78 is 0. The molecule has 0 radical (unpaired) electrons. The fraction of sp³-hybridized carbons (Fsp3) is 0.0643. The number of benzene rings is 16. The summed E-state index contributed by atoms with van der Waals surface area (Å²) in [5.74, 6) is 0. The third-order valence-electron chi connectivity index (χ3n) is 24.3. The first-order chi connectivity index (χ1) is 72.1. The summed E-state index contributed by atoms with van der Waals surface area (Å²) in [6, 6.07) is 180. The second-order valence-corrected chi connectivity index (χ2v) is 36.0. The molecule has 0 bridgehead atoms. The molecule has 7 heteroatoms. The summed E-state index contributed by atoms with van der Waals surface area (Å²) in [7, 11) is 0. The molecule has 0 fully saturated rings. The molecule has 23 rings (SSSR count). The van der Waals surface area contributed by atoms with Crippen LogP contribution >= 0.6 is 0 Å². The van der Waals surface area contributed by atoms with E-state index in [2.05, 4.69) is 442 Å². The van der Waals surface area contributed by atoms with Gasteiger partial charge in [0.1, 0.15) is 0 Å². The van der Waals surface area contributed by atoms with Gasteiger partial charge in [0, 0.05) is 105 Å². The predicted molar refractivity (Wildman–Crippen MR) is 621 cm³/mol. The van der Waals surface area contributed by atoms with E-state index >= 15 is 0 Å². The number of nitrogens with zero attached hydrogens (tertiary/aromatic N) is 7. The first-order valence-electron chi connectivity index (χ1n) is 49.7. The first kappa shape index (κ1) is 103. The zero-order valence-electron chi connectivity index (χ0n) is 84.9. The quantitative estimate of drug-likeness (QED) is 0.107. The Balaban J connectivity index is 0.000000125. The van der Waals surface area contributed by atoms with Gasteiger partial charge < -0.3 is 0 Å². The summed E-state index contributed by atoms with van der Waals surface area (Å²) >= 11 is 0. The largest absolute Gasteiger partial charge is 0.264 e. The summed E-state index contributed by atoms with van der Waals surface area (Å²) in [4.78, 5) is 30.6. The summed E-state index contributed by atoms with van der Waals surface area (Å²) in [5.41, 5.74) is 44.0. The van der Waals surface area contributed by atoms with Crippen LogP contribution in [0.1, 0.15) is 50.2 Å². The molecule has 716 valence electrons. The molecule has 0 aliphatic carbocycles. The minimum absolute atomic E-state index is 1.01. The van der Waals surface area contributed by atoms with Gasteiger partial charge in [0.25, 0.3) is 0 Å². The lowest BCUT2D eigenvalue weighted by Crippen LogP contribution is -1.87. The van der Waals surface area contributed by atoms with Gasteiger partial charge in [0.05, 0.1) is 28.5 Å². The second-order valence-electron chi connectivity index (χ2n) is 36.0. The van der Waals surface area contributed by atoms with Crippen LogP contribution in [0.15, 0.2) is 571 Å². The third kappa shape index (κ3) is 32.3. The zero-order chi connectivity index (χ0) is 102. The second kappa shape index (κ2) is 54.5. The molecular weight excluding hydrogens is 1780 g/mol. The molecule has 16 aromatic carbocycles. The maximum Gasteiger partial charge on any atom is 0.0709 e. The van der Waals surface area contributed by atoms with Crippen molar-refractivity contribution >= 4 is 0 Å². The van der Waals surface area contributed by atoms with Crippen LogP contribution in [0.5, 0.6) is 0 Å². The summed E-state index contributed by atoms with van der Waals surface area (Å²) in [6.45, 7) is 18.7. The van der Waals surface area contributed by atoms with E-state index in [-0.39, 0.29) is 0 Å². The number of aryl methyl sites for hydroxylation is 9. The van der Waals surface area contributed by atoms with Gasteiger partial charge in [-0.25, -0.2) is 4.98 Å². The van der Waals surface area contributed by atoms with Crippen LogP contribution < -0.4 is 0 Å². The zero-order valence-corrected chi connectivity index (χ0v) is 84.9. The van der Waals surface area contributed by atoms with Crippen LogP contribution in [0.25, 0.3) is 156 Å². The highest BCUT2D eigenvalue weighted by atomic mass is 14.7. The van der Waals surface area contributed by atoms with E-state index in [9.17, 15) is 0 Å². The van der Waals surface area contributed by atoms with Gasteiger partial charge in [-0.3, -0.25) is 29.9 Å². The number of hydrogen-bond acceptors (Lipinski definition) is 7. The van der Waals surface area contributed by atoms with Crippen molar-refractivity contribution in [2.75, 3.05) is 0 Å². The van der Waals surface area contributed by atoms with E-state index < -0.39 is 0 Å². The Morgan fingerprint density at radius 1 is 0.116 bits per heavy atom. The van der Waals surface area contributed by atoms with Crippen LogP contribution in [0.3, 0.4) is 0 Å². The maximum atomic E-state index is 4.74. The van der Waals surface area contributed by atoms with Crippen molar-refractivity contribution in [1.29, 1.82) is 0 Å². The minimum Gasteiger partial charge on any atom is -0.264 e. The Kier molecular flexibility index (Phi) is 38.2. The Hall–Kier alpha value is -18.4. The fourth-order valence-electron chi connectivity index (χ4n) is 16.0. The van der Waals surface area contributed by atoms with Gasteiger partial charge in [-0.05, 0) is 224 Å². The smallest absolute Gasteiger partial charge is 0.0709 e. The number of hydrogen-bond donors (Lipinski definition) is 0. The van der Waals surface area contributed by atoms with Crippen molar-refractivity contribution in [2.45, 2.75) is 62.3 Å². The first-order valence-corrected chi connectivity index (χ1v) is 49.7. The number of pyridine rings is 7. The lowest BCUT2D eigenvalue weighted by Gasteiger charge is -2.06. The Bertz CT molecular complexity index is 7170. The molecule has 0 saturated heterocycles. The van der Waals surface area contributed by atoms with E-state index in [1.165, 1.54) is 145 Å². The molecule has 0 spiro atoms. The van der Waals surface area contributed by atoms with Crippen molar-refractivity contribution in [2.24, 2.45) is 0 Å². The molecule has 147 heavy (non-hydrogen) atoms. The van der Waals surface area contributed by atoms with Gasteiger partial charge in [-0.15, -0.1) is 0 Å². The van der Waals surface area contributed by atoms with E-state index in [0.717, 1.165) is 62.0 Å². The van der Waals surface area contributed by atoms with Crippen LogP contribution in [0.2, 0.25) is 0 Å². The van der Waals surface area contributed by atoms with Gasteiger partial charge in [0.2, 0.25) is 0 Å². The van der Waals surface area contributed by atoms with Crippen molar-refractivity contribution in [1.82, 2.24) is 34.9 Å². The van der Waals surface area contributed by atoms with Gasteiger partial charge in [0.15, 0.2) is 0 Å². The Labute approximate surface area is 869 Å². The third-order valence-corrected chi connectivity index (χ3v) is 24.3. The van der Waals surface area contributed by atoms with Crippen molar-refractivity contribution in [3.8, 4) is 156 Å². The molecule has 0 unspecified atom stereocenters. The van der Waals surface area contributed by atoms with Crippen LogP contribution in [-0.4, -0.2) is 34.9 Å². The molecule has 0 amide bonds. The highest BCUT2D eigenvalue weighted by Gasteiger charge is 2.10. The van der Waals surface area contributed by atoms with Crippen LogP contribution in [-0.2, 0) is 0 Å². The minimum atomic E-state index is 1.01. The number of aromatic nitrogens is 7. The van der Waals surface area contributed by atoms with Crippen molar-refractivity contribution < 1.29 is 0 Å². The fourth-order valence-corrected chi connectivity index (χ4v) is 16.0. The van der Waals surface area contributed by atoms with E-state index in [0.29, 0.717) is 0 Å². The Morgan fingerprint density at radius 2 is 0.374 bits per heavy atom. The van der Waals surface area contributed by atoms with Gasteiger partial charge in [-0.1, -0.05) is 483 Å². The molecule has 7 heterocycles. The molecule has 23 aromatic rings. The Morgan fingerprint density at radius 3 is 0.748 bits per heavy atom. The predicted octanol–water partition coefficient (Wildman–Crippen LogP) is 37.1. The lowest BCUT2D eigenvalue weighted by atomic mass is 9.99. The van der Waals surface area contributed by atoms with Crippen LogP contribution in [0, 0.1) is 62.3 Å². The number of rotatable bonds is 14. The molecule has 0 atom stereocenters. The SMILES string of the molecule is Cc1ccc(-c2cc(-c3ccccc3)ccn2)cc1.Cc1ccc(-c2ccc(-c3ccccc3)cc2)cc1.Cc1ccc(-c2cccc(-c3ccccc3)c2)cc1.Cc1ccc(-c2cccc(-c3ccccc3)n2)cc1.Cc1ccc(-c2ccccc2)cn1.Cc1ccc(-c2ccccc2)nc1.Cc1ccc(-c2cncc(-c3ccccc3)c2)cc1.Cc1ccnc(-c2ccccc2)c1.Cc1cncc(-c2ccccc2)c1. The van der Waals surface area contributed by atoms with Crippen molar-refractivity contribution in [3.63, 3.8) is 0 Å². The molecule has 7 aromatic heterocycles. The van der Waals surface area contributed by atoms with E-state index in [1.807, 2.05) is 221 Å². The molecule has 7 nitrogen and oxygen atoms in total. The average Bonchev–Trinajstić information content (AvgIpc) is 0.836. The average molecular weight is 1900 g/mol.